The lowest BCUT2D eigenvalue weighted by molar-refractivity contribution is 0.306. The number of nitrogen functional groups attached to an aromatic ring is 1. The van der Waals surface area contributed by atoms with Crippen molar-refractivity contribution in [3.8, 4) is 5.75 Å². The summed E-state index contributed by atoms with van der Waals surface area (Å²) < 4.78 is 6.52. The zero-order chi connectivity index (χ0) is 10.4. The van der Waals surface area contributed by atoms with Gasteiger partial charge in [-0.05, 0) is 34.5 Å². The minimum absolute atomic E-state index is 0.691. The fraction of sp³-hybridized carbons (Fsp3) is 0.455. The Bertz CT molecular complexity index is 268. The number of anilines is 1. The van der Waals surface area contributed by atoms with Crippen LogP contribution in [0.3, 0.4) is 0 Å². The van der Waals surface area contributed by atoms with E-state index < -0.39 is 0 Å². The van der Waals surface area contributed by atoms with Crippen LogP contribution >= 0.6 is 15.9 Å². The van der Waals surface area contributed by atoms with Crippen LogP contribution in [0.2, 0.25) is 0 Å². The molecule has 0 aliphatic heterocycles. The first-order chi connectivity index (χ1) is 6.75. The van der Waals surface area contributed by atoms with Crippen molar-refractivity contribution in [2.24, 2.45) is 0 Å². The van der Waals surface area contributed by atoms with Gasteiger partial charge in [-0.3, -0.25) is 0 Å². The largest absolute Gasteiger partial charge is 0.490 e. The summed E-state index contributed by atoms with van der Waals surface area (Å²) in [6.07, 6.45) is 3.48. The second kappa shape index (κ2) is 5.91. The third-order valence-corrected chi connectivity index (χ3v) is 2.62. The highest BCUT2D eigenvalue weighted by Gasteiger charge is 2.03. The maximum atomic E-state index is 5.78. The summed E-state index contributed by atoms with van der Waals surface area (Å²) in [4.78, 5) is 0. The van der Waals surface area contributed by atoms with Gasteiger partial charge in [0.25, 0.3) is 0 Å². The van der Waals surface area contributed by atoms with Crippen molar-refractivity contribution in [3.63, 3.8) is 0 Å². The van der Waals surface area contributed by atoms with E-state index in [2.05, 4.69) is 22.9 Å². The first-order valence-corrected chi connectivity index (χ1v) is 5.71. The maximum Gasteiger partial charge on any atom is 0.156 e. The molecule has 0 bridgehead atoms. The normalized spacial score (nSPS) is 10.1. The number of halogens is 1. The third kappa shape index (κ3) is 3.22. The van der Waals surface area contributed by atoms with E-state index in [1.54, 1.807) is 0 Å². The van der Waals surface area contributed by atoms with Crippen LogP contribution in [0.15, 0.2) is 22.7 Å². The number of para-hydroxylation sites is 1. The van der Waals surface area contributed by atoms with Gasteiger partial charge in [0.15, 0.2) is 5.75 Å². The molecule has 0 unspecified atom stereocenters. The molecule has 0 radical (unpaired) electrons. The molecule has 0 aliphatic carbocycles. The molecular formula is C11H16BrNO. The molecule has 14 heavy (non-hydrogen) atoms. The average Bonchev–Trinajstić information content (AvgIpc) is 2.16. The van der Waals surface area contributed by atoms with Gasteiger partial charge in [0.1, 0.15) is 0 Å². The van der Waals surface area contributed by atoms with E-state index in [0.29, 0.717) is 5.69 Å². The number of hydrogen-bond donors (Lipinski definition) is 1. The number of nitrogens with two attached hydrogens (primary N) is 1. The van der Waals surface area contributed by atoms with Gasteiger partial charge in [-0.1, -0.05) is 25.8 Å². The predicted octanol–water partition coefficient (Wildman–Crippen LogP) is 3.60. The van der Waals surface area contributed by atoms with Crippen molar-refractivity contribution >= 4 is 21.6 Å². The monoisotopic (exact) mass is 257 g/mol. The smallest absolute Gasteiger partial charge is 0.156 e. The quantitative estimate of drug-likeness (QED) is 0.647. The summed E-state index contributed by atoms with van der Waals surface area (Å²) >= 11 is 3.41. The van der Waals surface area contributed by atoms with Crippen LogP contribution in [0.25, 0.3) is 0 Å². The fourth-order valence-electron chi connectivity index (χ4n) is 1.20. The maximum absolute atomic E-state index is 5.78. The molecular weight excluding hydrogens is 242 g/mol. The molecule has 0 aliphatic rings. The summed E-state index contributed by atoms with van der Waals surface area (Å²) in [6, 6.07) is 5.68. The highest BCUT2D eigenvalue weighted by molar-refractivity contribution is 9.10. The van der Waals surface area contributed by atoms with E-state index in [4.69, 9.17) is 10.5 Å². The van der Waals surface area contributed by atoms with E-state index in [0.717, 1.165) is 23.2 Å². The lowest BCUT2D eigenvalue weighted by Crippen LogP contribution is -2.00. The SMILES string of the molecule is CCCCCOc1c(N)cccc1Br. The Labute approximate surface area is 93.6 Å². The number of unbranched alkanes of at least 4 members (excludes halogenated alkanes) is 2. The molecule has 0 aromatic heterocycles. The second-order valence-electron chi connectivity index (χ2n) is 3.21. The molecule has 1 aromatic carbocycles. The standard InChI is InChI=1S/C11H16BrNO/c1-2-3-4-8-14-11-9(12)6-5-7-10(11)13/h5-7H,2-4,8,13H2,1H3. The summed E-state index contributed by atoms with van der Waals surface area (Å²) in [5.41, 5.74) is 6.47. The van der Waals surface area contributed by atoms with Gasteiger partial charge in [-0.15, -0.1) is 0 Å². The van der Waals surface area contributed by atoms with Crippen molar-refractivity contribution < 1.29 is 4.74 Å². The first-order valence-electron chi connectivity index (χ1n) is 4.92. The van der Waals surface area contributed by atoms with Crippen molar-refractivity contribution in [1.29, 1.82) is 0 Å². The molecule has 0 heterocycles. The van der Waals surface area contributed by atoms with Crippen LogP contribution in [0.4, 0.5) is 5.69 Å². The molecule has 0 spiro atoms. The molecule has 0 atom stereocenters. The van der Waals surface area contributed by atoms with Crippen LogP contribution < -0.4 is 10.5 Å². The molecule has 0 saturated heterocycles. The Balaban J connectivity index is 2.49. The minimum Gasteiger partial charge on any atom is -0.490 e. The fourth-order valence-corrected chi connectivity index (χ4v) is 1.70. The van der Waals surface area contributed by atoms with Gasteiger partial charge in [-0.25, -0.2) is 0 Å². The van der Waals surface area contributed by atoms with Gasteiger partial charge in [-0.2, -0.15) is 0 Å². The summed E-state index contributed by atoms with van der Waals surface area (Å²) in [7, 11) is 0. The second-order valence-corrected chi connectivity index (χ2v) is 4.07. The molecule has 0 saturated carbocycles. The van der Waals surface area contributed by atoms with Gasteiger partial charge < -0.3 is 10.5 Å². The topological polar surface area (TPSA) is 35.2 Å². The van der Waals surface area contributed by atoms with Gasteiger partial charge in [0, 0.05) is 0 Å². The van der Waals surface area contributed by atoms with E-state index in [9.17, 15) is 0 Å². The van der Waals surface area contributed by atoms with Crippen LogP contribution in [-0.4, -0.2) is 6.61 Å². The van der Waals surface area contributed by atoms with Gasteiger partial charge in [0.2, 0.25) is 0 Å². The summed E-state index contributed by atoms with van der Waals surface area (Å²) in [6.45, 7) is 2.91. The Kier molecular flexibility index (Phi) is 4.80. The van der Waals surface area contributed by atoms with Crippen LogP contribution in [0, 0.1) is 0 Å². The number of hydrogen-bond acceptors (Lipinski definition) is 2. The highest BCUT2D eigenvalue weighted by atomic mass is 79.9. The van der Waals surface area contributed by atoms with Gasteiger partial charge in [0.05, 0.1) is 16.8 Å². The van der Waals surface area contributed by atoms with Crippen LogP contribution in [0.5, 0.6) is 5.75 Å². The van der Waals surface area contributed by atoms with E-state index >= 15 is 0 Å². The Morgan fingerprint density at radius 3 is 2.79 bits per heavy atom. The number of ether oxygens (including phenoxy) is 1. The first kappa shape index (κ1) is 11.4. The highest BCUT2D eigenvalue weighted by Crippen LogP contribution is 2.30. The van der Waals surface area contributed by atoms with Crippen molar-refractivity contribution in [2.45, 2.75) is 26.2 Å². The Morgan fingerprint density at radius 1 is 1.36 bits per heavy atom. The van der Waals surface area contributed by atoms with E-state index in [-0.39, 0.29) is 0 Å². The molecule has 2 N–H and O–H groups in total. The third-order valence-electron chi connectivity index (χ3n) is 1.99. The van der Waals surface area contributed by atoms with Gasteiger partial charge >= 0.3 is 0 Å². The predicted molar refractivity (Wildman–Crippen MR) is 63.6 cm³/mol. The van der Waals surface area contributed by atoms with E-state index in [1.807, 2.05) is 18.2 Å². The van der Waals surface area contributed by atoms with Crippen LogP contribution in [0.1, 0.15) is 26.2 Å². The lowest BCUT2D eigenvalue weighted by atomic mass is 10.2. The zero-order valence-corrected chi connectivity index (χ0v) is 10.0. The number of rotatable bonds is 5. The Morgan fingerprint density at radius 2 is 2.14 bits per heavy atom. The molecule has 0 amide bonds. The average molecular weight is 258 g/mol. The van der Waals surface area contributed by atoms with E-state index in [1.165, 1.54) is 12.8 Å². The molecule has 0 fully saturated rings. The van der Waals surface area contributed by atoms with Crippen molar-refractivity contribution in [2.75, 3.05) is 12.3 Å². The molecule has 3 heteroatoms. The molecule has 1 rings (SSSR count). The zero-order valence-electron chi connectivity index (χ0n) is 8.42. The van der Waals surface area contributed by atoms with Crippen molar-refractivity contribution in [1.82, 2.24) is 0 Å². The van der Waals surface area contributed by atoms with Crippen molar-refractivity contribution in [3.05, 3.63) is 22.7 Å². The lowest BCUT2D eigenvalue weighted by Gasteiger charge is -2.09. The molecule has 78 valence electrons. The molecule has 1 aromatic rings. The minimum atomic E-state index is 0.691. The molecule has 2 nitrogen and oxygen atoms in total. The Hall–Kier alpha value is -0.700. The summed E-state index contributed by atoms with van der Waals surface area (Å²) in [5, 5.41) is 0. The summed E-state index contributed by atoms with van der Waals surface area (Å²) in [5.74, 6) is 0.767. The van der Waals surface area contributed by atoms with Crippen LogP contribution in [-0.2, 0) is 0 Å². The number of benzene rings is 1.